The molecule has 0 fully saturated rings. The second-order valence-corrected chi connectivity index (χ2v) is 4.07. The van der Waals surface area contributed by atoms with Crippen molar-refractivity contribution >= 4 is 38.5 Å². The third-order valence-corrected chi connectivity index (χ3v) is 3.53. The molecule has 12 heavy (non-hydrogen) atoms. The first-order valence-electron chi connectivity index (χ1n) is 3.59. The van der Waals surface area contributed by atoms with Gasteiger partial charge in [0, 0.05) is 5.33 Å². The van der Waals surface area contributed by atoms with E-state index < -0.39 is 0 Å². The summed E-state index contributed by atoms with van der Waals surface area (Å²) in [6.45, 7) is 2.68. The zero-order valence-electron chi connectivity index (χ0n) is 6.72. The predicted molar refractivity (Wildman–Crippen MR) is 59.4 cm³/mol. The summed E-state index contributed by atoms with van der Waals surface area (Å²) in [7, 11) is 0. The zero-order valence-corrected chi connectivity index (χ0v) is 10.5. The molecule has 0 aliphatic carbocycles. The quantitative estimate of drug-likeness (QED) is 0.669. The van der Waals surface area contributed by atoms with Crippen LogP contribution in [0.4, 0.5) is 0 Å². The van der Waals surface area contributed by atoms with Crippen LogP contribution in [0.2, 0.25) is 0 Å². The van der Waals surface area contributed by atoms with Crippen molar-refractivity contribution in [3.8, 4) is 0 Å². The summed E-state index contributed by atoms with van der Waals surface area (Å²) in [6.07, 6.45) is 0. The summed E-state index contributed by atoms with van der Waals surface area (Å²) in [5, 5.41) is 13.8. The summed E-state index contributed by atoms with van der Waals surface area (Å²) < 4.78 is 3.02. The van der Waals surface area contributed by atoms with Crippen molar-refractivity contribution in [3.63, 3.8) is 0 Å². The largest absolute Gasteiger partial charge is 0.394 e. The number of rotatable bonds is 3. The van der Waals surface area contributed by atoms with E-state index in [4.69, 9.17) is 5.11 Å². The Balaban J connectivity index is 3.02. The van der Waals surface area contributed by atoms with Gasteiger partial charge in [-0.05, 0) is 29.5 Å². The molecule has 1 rings (SSSR count). The molecule has 0 atom stereocenters. The van der Waals surface area contributed by atoms with Crippen molar-refractivity contribution in [1.82, 2.24) is 9.78 Å². The maximum Gasteiger partial charge on any atom is 0.0730 e. The van der Waals surface area contributed by atoms with E-state index in [0.29, 0.717) is 6.54 Å². The first-order chi connectivity index (χ1) is 5.70. The van der Waals surface area contributed by atoms with Crippen LogP contribution in [0.25, 0.3) is 0 Å². The van der Waals surface area contributed by atoms with Crippen LogP contribution in [-0.4, -0.2) is 21.5 Å². The van der Waals surface area contributed by atoms with Gasteiger partial charge in [0.05, 0.1) is 28.1 Å². The summed E-state index contributed by atoms with van der Waals surface area (Å²) in [5.41, 5.74) is 2.17. The van der Waals surface area contributed by atoms with E-state index in [9.17, 15) is 0 Å². The Morgan fingerprint density at radius 2 is 2.33 bits per heavy atom. The van der Waals surface area contributed by atoms with Gasteiger partial charge in [-0.15, -0.1) is 0 Å². The van der Waals surface area contributed by atoms with Gasteiger partial charge >= 0.3 is 0 Å². The average molecular weight is 345 g/mol. The number of hydrogen-bond acceptors (Lipinski definition) is 2. The summed E-state index contributed by atoms with van der Waals surface area (Å²) in [4.78, 5) is 0. The maximum absolute atomic E-state index is 8.76. The Morgan fingerprint density at radius 3 is 2.83 bits per heavy atom. The van der Waals surface area contributed by atoms with Gasteiger partial charge in [-0.1, -0.05) is 15.9 Å². The molecule has 1 N–H and O–H groups in total. The number of aliphatic hydroxyl groups is 1. The number of nitrogens with zero attached hydrogens (tertiary/aromatic N) is 2. The van der Waals surface area contributed by atoms with E-state index in [1.165, 1.54) is 3.57 Å². The van der Waals surface area contributed by atoms with Gasteiger partial charge in [0.1, 0.15) is 0 Å². The molecule has 0 amide bonds. The third kappa shape index (κ3) is 2.00. The van der Waals surface area contributed by atoms with Gasteiger partial charge in [-0.25, -0.2) is 0 Å². The van der Waals surface area contributed by atoms with Crippen LogP contribution >= 0.6 is 38.5 Å². The first kappa shape index (κ1) is 10.5. The normalized spacial score (nSPS) is 10.7. The topological polar surface area (TPSA) is 38.0 Å². The van der Waals surface area contributed by atoms with E-state index in [1.807, 2.05) is 11.6 Å². The van der Waals surface area contributed by atoms with E-state index in [-0.39, 0.29) is 6.61 Å². The Labute approximate surface area is 93.4 Å². The van der Waals surface area contributed by atoms with Crippen molar-refractivity contribution in [3.05, 3.63) is 15.0 Å². The number of aromatic nitrogens is 2. The van der Waals surface area contributed by atoms with Gasteiger partial charge in [-0.3, -0.25) is 4.68 Å². The van der Waals surface area contributed by atoms with Crippen LogP contribution in [0.5, 0.6) is 0 Å². The molecule has 0 aliphatic rings. The SMILES string of the molecule is Cc1nn(CCO)c(CBr)c1I. The Kier molecular flexibility index (Phi) is 3.98. The molecule has 3 nitrogen and oxygen atoms in total. The highest BCUT2D eigenvalue weighted by molar-refractivity contribution is 14.1. The lowest BCUT2D eigenvalue weighted by atomic mass is 10.4. The van der Waals surface area contributed by atoms with E-state index in [0.717, 1.165) is 16.7 Å². The van der Waals surface area contributed by atoms with Crippen LogP contribution < -0.4 is 0 Å². The Bertz CT molecular complexity index is 275. The molecule has 1 heterocycles. The van der Waals surface area contributed by atoms with Crippen LogP contribution in [-0.2, 0) is 11.9 Å². The van der Waals surface area contributed by atoms with Crippen LogP contribution in [0.3, 0.4) is 0 Å². The van der Waals surface area contributed by atoms with Gasteiger partial charge in [-0.2, -0.15) is 5.10 Å². The maximum atomic E-state index is 8.76. The van der Waals surface area contributed by atoms with Crippen molar-refractivity contribution in [2.24, 2.45) is 0 Å². The molecule has 0 aliphatic heterocycles. The molecule has 0 unspecified atom stereocenters. The molecule has 0 aromatic carbocycles. The molecular formula is C7H10BrIN2O. The number of aryl methyl sites for hydroxylation is 1. The molecule has 0 spiro atoms. The number of hydrogen-bond donors (Lipinski definition) is 1. The van der Waals surface area contributed by atoms with E-state index >= 15 is 0 Å². The lowest BCUT2D eigenvalue weighted by Gasteiger charge is -2.01. The molecule has 0 saturated heterocycles. The third-order valence-electron chi connectivity index (χ3n) is 1.59. The average Bonchev–Trinajstić information content (AvgIpc) is 2.29. The first-order valence-corrected chi connectivity index (χ1v) is 5.79. The Morgan fingerprint density at radius 1 is 1.67 bits per heavy atom. The highest BCUT2D eigenvalue weighted by Gasteiger charge is 2.10. The monoisotopic (exact) mass is 344 g/mol. The summed E-state index contributed by atoms with van der Waals surface area (Å²) in [6, 6.07) is 0. The molecule has 0 radical (unpaired) electrons. The minimum atomic E-state index is 0.136. The fraction of sp³-hybridized carbons (Fsp3) is 0.571. The highest BCUT2D eigenvalue weighted by Crippen LogP contribution is 2.18. The second-order valence-electron chi connectivity index (χ2n) is 2.43. The molecule has 0 bridgehead atoms. The standard InChI is InChI=1S/C7H10BrIN2O/c1-5-7(9)6(4-8)11(10-5)2-3-12/h12H,2-4H2,1H3. The lowest BCUT2D eigenvalue weighted by molar-refractivity contribution is 0.267. The van der Waals surface area contributed by atoms with Gasteiger partial charge in [0.15, 0.2) is 0 Å². The van der Waals surface area contributed by atoms with Crippen molar-refractivity contribution < 1.29 is 5.11 Å². The van der Waals surface area contributed by atoms with E-state index in [1.54, 1.807) is 0 Å². The fourth-order valence-corrected chi connectivity index (χ4v) is 2.69. The van der Waals surface area contributed by atoms with Gasteiger partial charge in [0.25, 0.3) is 0 Å². The molecule has 0 saturated carbocycles. The molecule has 68 valence electrons. The molecule has 1 aromatic rings. The van der Waals surface area contributed by atoms with Crippen LogP contribution in [0.1, 0.15) is 11.4 Å². The van der Waals surface area contributed by atoms with Gasteiger partial charge < -0.3 is 5.11 Å². The smallest absolute Gasteiger partial charge is 0.0730 e. The highest BCUT2D eigenvalue weighted by atomic mass is 127. The van der Waals surface area contributed by atoms with Crippen molar-refractivity contribution in [1.29, 1.82) is 0 Å². The minimum Gasteiger partial charge on any atom is -0.394 e. The van der Waals surface area contributed by atoms with Crippen molar-refractivity contribution in [2.45, 2.75) is 18.8 Å². The van der Waals surface area contributed by atoms with Gasteiger partial charge in [0.2, 0.25) is 0 Å². The van der Waals surface area contributed by atoms with Crippen LogP contribution in [0, 0.1) is 10.5 Å². The molecule has 1 aromatic heterocycles. The summed E-state index contributed by atoms with van der Waals surface area (Å²) in [5.74, 6) is 0. The van der Waals surface area contributed by atoms with E-state index in [2.05, 4.69) is 43.6 Å². The predicted octanol–water partition coefficient (Wildman–Crippen LogP) is 1.68. The fourth-order valence-electron chi connectivity index (χ4n) is 1.01. The number of halogens is 2. The number of aliphatic hydroxyl groups excluding tert-OH is 1. The molecular weight excluding hydrogens is 335 g/mol. The minimum absolute atomic E-state index is 0.136. The lowest BCUT2D eigenvalue weighted by Crippen LogP contribution is -2.07. The second kappa shape index (κ2) is 4.57. The summed E-state index contributed by atoms with van der Waals surface area (Å²) >= 11 is 5.67. The molecule has 5 heteroatoms. The number of alkyl halides is 1. The zero-order chi connectivity index (χ0) is 9.14. The van der Waals surface area contributed by atoms with Crippen LogP contribution in [0.15, 0.2) is 0 Å². The van der Waals surface area contributed by atoms with Crippen molar-refractivity contribution in [2.75, 3.05) is 6.61 Å². The Hall–Kier alpha value is 0.380.